The molecule has 1 aromatic heterocycles. The first-order valence-corrected chi connectivity index (χ1v) is 6.71. The van der Waals surface area contributed by atoms with Crippen LogP contribution in [0.25, 0.3) is 11.3 Å². The van der Waals surface area contributed by atoms with E-state index in [2.05, 4.69) is 32.3 Å². The second-order valence-electron chi connectivity index (χ2n) is 4.79. The van der Waals surface area contributed by atoms with Crippen molar-refractivity contribution in [3.63, 3.8) is 0 Å². The molecule has 0 spiro atoms. The molecule has 4 nitrogen and oxygen atoms in total. The SMILES string of the molecule is c1ccc(-c2cnc(CN3CCNCC3)cn2)cc1. The predicted molar refractivity (Wildman–Crippen MR) is 75.6 cm³/mol. The van der Waals surface area contributed by atoms with Crippen molar-refractivity contribution in [1.29, 1.82) is 0 Å². The van der Waals surface area contributed by atoms with Gasteiger partial charge in [0.2, 0.25) is 0 Å². The number of nitrogens with zero attached hydrogens (tertiary/aromatic N) is 3. The van der Waals surface area contributed by atoms with Gasteiger partial charge in [0.15, 0.2) is 0 Å². The van der Waals surface area contributed by atoms with Crippen LogP contribution in [0.1, 0.15) is 5.69 Å². The van der Waals surface area contributed by atoms with Crippen LogP contribution in [-0.4, -0.2) is 41.0 Å². The number of benzene rings is 1. The molecule has 0 saturated carbocycles. The van der Waals surface area contributed by atoms with Gasteiger partial charge in [-0.15, -0.1) is 0 Å². The van der Waals surface area contributed by atoms with E-state index < -0.39 is 0 Å². The van der Waals surface area contributed by atoms with Crippen molar-refractivity contribution < 1.29 is 0 Å². The first-order valence-electron chi connectivity index (χ1n) is 6.71. The highest BCUT2D eigenvalue weighted by Gasteiger charge is 2.10. The molecule has 4 heteroatoms. The summed E-state index contributed by atoms with van der Waals surface area (Å²) in [7, 11) is 0. The van der Waals surface area contributed by atoms with Crippen molar-refractivity contribution in [2.24, 2.45) is 0 Å². The van der Waals surface area contributed by atoms with Crippen LogP contribution in [-0.2, 0) is 6.54 Å². The minimum Gasteiger partial charge on any atom is -0.314 e. The maximum absolute atomic E-state index is 4.52. The van der Waals surface area contributed by atoms with Crippen LogP contribution in [0, 0.1) is 0 Å². The standard InChI is InChI=1S/C15H18N4/c1-2-4-13(5-3-1)15-11-17-14(10-18-15)12-19-8-6-16-7-9-19/h1-5,10-11,16H,6-9,12H2. The molecule has 0 aliphatic carbocycles. The average Bonchev–Trinajstić information content (AvgIpc) is 2.50. The first kappa shape index (κ1) is 12.3. The Morgan fingerprint density at radius 3 is 2.47 bits per heavy atom. The summed E-state index contributed by atoms with van der Waals surface area (Å²) in [6.07, 6.45) is 3.76. The fourth-order valence-electron chi connectivity index (χ4n) is 2.29. The highest BCUT2D eigenvalue weighted by atomic mass is 15.2. The topological polar surface area (TPSA) is 41.1 Å². The lowest BCUT2D eigenvalue weighted by molar-refractivity contribution is 0.230. The molecule has 1 N–H and O–H groups in total. The summed E-state index contributed by atoms with van der Waals surface area (Å²) in [6, 6.07) is 10.2. The van der Waals surface area contributed by atoms with E-state index in [4.69, 9.17) is 0 Å². The largest absolute Gasteiger partial charge is 0.314 e. The number of nitrogens with one attached hydrogen (secondary N) is 1. The van der Waals surface area contributed by atoms with Gasteiger partial charge in [-0.2, -0.15) is 0 Å². The second-order valence-corrected chi connectivity index (χ2v) is 4.79. The Balaban J connectivity index is 1.68. The second kappa shape index (κ2) is 5.91. The van der Waals surface area contributed by atoms with Crippen molar-refractivity contribution >= 4 is 0 Å². The highest BCUT2D eigenvalue weighted by Crippen LogP contribution is 2.15. The predicted octanol–water partition coefficient (Wildman–Crippen LogP) is 1.55. The van der Waals surface area contributed by atoms with E-state index in [1.807, 2.05) is 30.6 Å². The summed E-state index contributed by atoms with van der Waals surface area (Å²) >= 11 is 0. The molecule has 3 rings (SSSR count). The Kier molecular flexibility index (Phi) is 3.81. The van der Waals surface area contributed by atoms with Gasteiger partial charge in [-0.1, -0.05) is 30.3 Å². The monoisotopic (exact) mass is 254 g/mol. The number of hydrogen-bond donors (Lipinski definition) is 1. The van der Waals surface area contributed by atoms with Crippen LogP contribution in [0.3, 0.4) is 0 Å². The zero-order chi connectivity index (χ0) is 12.9. The Labute approximate surface area is 113 Å². The number of piperazine rings is 1. The number of hydrogen-bond acceptors (Lipinski definition) is 4. The molecule has 0 bridgehead atoms. The summed E-state index contributed by atoms with van der Waals surface area (Å²) in [4.78, 5) is 11.4. The Morgan fingerprint density at radius 1 is 1.00 bits per heavy atom. The molecular formula is C15H18N4. The smallest absolute Gasteiger partial charge is 0.0885 e. The molecular weight excluding hydrogens is 236 g/mol. The molecule has 1 fully saturated rings. The van der Waals surface area contributed by atoms with Crippen molar-refractivity contribution in [3.8, 4) is 11.3 Å². The van der Waals surface area contributed by atoms with E-state index in [9.17, 15) is 0 Å². The van der Waals surface area contributed by atoms with Crippen LogP contribution >= 0.6 is 0 Å². The van der Waals surface area contributed by atoms with Crippen molar-refractivity contribution in [2.75, 3.05) is 26.2 Å². The molecule has 1 aromatic carbocycles. The van der Waals surface area contributed by atoms with Gasteiger partial charge < -0.3 is 5.32 Å². The summed E-state index contributed by atoms with van der Waals surface area (Å²) in [5.41, 5.74) is 3.09. The number of rotatable bonds is 3. The molecule has 0 unspecified atom stereocenters. The van der Waals surface area contributed by atoms with Crippen LogP contribution < -0.4 is 5.32 Å². The van der Waals surface area contributed by atoms with Gasteiger partial charge in [-0.25, -0.2) is 0 Å². The minimum atomic E-state index is 0.893. The van der Waals surface area contributed by atoms with E-state index in [0.29, 0.717) is 0 Å². The Bertz CT molecular complexity index is 503. The number of aromatic nitrogens is 2. The third-order valence-corrected chi connectivity index (χ3v) is 3.37. The molecule has 1 aliphatic rings. The van der Waals surface area contributed by atoms with Crippen molar-refractivity contribution in [1.82, 2.24) is 20.2 Å². The fraction of sp³-hybridized carbons (Fsp3) is 0.333. The minimum absolute atomic E-state index is 0.893. The van der Waals surface area contributed by atoms with E-state index in [1.165, 1.54) is 0 Å². The lowest BCUT2D eigenvalue weighted by Crippen LogP contribution is -2.43. The van der Waals surface area contributed by atoms with Crippen LogP contribution in [0.2, 0.25) is 0 Å². The van der Waals surface area contributed by atoms with Gasteiger partial charge in [-0.3, -0.25) is 14.9 Å². The van der Waals surface area contributed by atoms with Gasteiger partial charge in [-0.05, 0) is 0 Å². The summed E-state index contributed by atoms with van der Waals surface area (Å²) in [6.45, 7) is 5.19. The van der Waals surface area contributed by atoms with Crippen molar-refractivity contribution in [2.45, 2.75) is 6.54 Å². The van der Waals surface area contributed by atoms with Gasteiger partial charge in [0.25, 0.3) is 0 Å². The molecule has 2 heterocycles. The van der Waals surface area contributed by atoms with Crippen LogP contribution in [0.15, 0.2) is 42.7 Å². The molecule has 0 radical (unpaired) electrons. The molecule has 19 heavy (non-hydrogen) atoms. The zero-order valence-corrected chi connectivity index (χ0v) is 10.9. The van der Waals surface area contributed by atoms with E-state index in [0.717, 1.165) is 49.7 Å². The van der Waals surface area contributed by atoms with Gasteiger partial charge >= 0.3 is 0 Å². The Morgan fingerprint density at radius 2 is 1.79 bits per heavy atom. The third kappa shape index (κ3) is 3.16. The lowest BCUT2D eigenvalue weighted by Gasteiger charge is -2.26. The molecule has 2 aromatic rings. The third-order valence-electron chi connectivity index (χ3n) is 3.37. The molecule has 1 saturated heterocycles. The molecule has 0 amide bonds. The highest BCUT2D eigenvalue weighted by molar-refractivity contribution is 5.57. The Hall–Kier alpha value is -1.78. The summed E-state index contributed by atoms with van der Waals surface area (Å²) in [5, 5.41) is 3.35. The molecule has 0 atom stereocenters. The average molecular weight is 254 g/mol. The lowest BCUT2D eigenvalue weighted by atomic mass is 10.2. The van der Waals surface area contributed by atoms with Gasteiger partial charge in [0.05, 0.1) is 23.8 Å². The van der Waals surface area contributed by atoms with Gasteiger partial charge in [0.1, 0.15) is 0 Å². The first-order chi connectivity index (χ1) is 9.42. The van der Waals surface area contributed by atoms with Crippen molar-refractivity contribution in [3.05, 3.63) is 48.4 Å². The maximum atomic E-state index is 4.52. The fourth-order valence-corrected chi connectivity index (χ4v) is 2.29. The van der Waals surface area contributed by atoms with Gasteiger partial charge in [0, 0.05) is 38.3 Å². The van der Waals surface area contributed by atoms with Crippen LogP contribution in [0.5, 0.6) is 0 Å². The normalized spacial score (nSPS) is 16.4. The van der Waals surface area contributed by atoms with E-state index >= 15 is 0 Å². The summed E-state index contributed by atoms with van der Waals surface area (Å²) < 4.78 is 0. The molecule has 1 aliphatic heterocycles. The quantitative estimate of drug-likeness (QED) is 0.902. The van der Waals surface area contributed by atoms with Crippen LogP contribution in [0.4, 0.5) is 0 Å². The van der Waals surface area contributed by atoms with E-state index in [1.54, 1.807) is 0 Å². The molecule has 98 valence electrons. The van der Waals surface area contributed by atoms with E-state index in [-0.39, 0.29) is 0 Å². The zero-order valence-electron chi connectivity index (χ0n) is 10.9. The summed E-state index contributed by atoms with van der Waals surface area (Å²) in [5.74, 6) is 0. The maximum Gasteiger partial charge on any atom is 0.0885 e.